The fraction of sp³-hybridized carbons (Fsp3) is 0.647. The molecule has 0 spiro atoms. The van der Waals surface area contributed by atoms with Crippen molar-refractivity contribution in [2.75, 3.05) is 13.2 Å². The van der Waals surface area contributed by atoms with Gasteiger partial charge < -0.3 is 28.8 Å². The summed E-state index contributed by atoms with van der Waals surface area (Å²) < 4.78 is 24.7. The molecule has 0 saturated carbocycles. The van der Waals surface area contributed by atoms with E-state index in [0.717, 1.165) is 34.6 Å². The van der Waals surface area contributed by atoms with Crippen LogP contribution >= 0.6 is 0 Å². The van der Waals surface area contributed by atoms with Crippen LogP contribution in [0.4, 0.5) is 0 Å². The first-order valence-electron chi connectivity index (χ1n) is 8.34. The Bertz CT molecular complexity index is 640. The number of ketones is 1. The Kier molecular flexibility index (Phi) is 11.1. The molecule has 12 nitrogen and oxygen atoms in total. The first kappa shape index (κ1) is 26.0. The first-order valence-corrected chi connectivity index (χ1v) is 8.34. The van der Waals surface area contributed by atoms with Crippen LogP contribution in [-0.4, -0.2) is 78.4 Å². The second-order valence-corrected chi connectivity index (χ2v) is 5.75. The highest BCUT2D eigenvalue weighted by atomic mass is 16.6. The van der Waals surface area contributed by atoms with Crippen LogP contribution in [0.2, 0.25) is 0 Å². The number of hydrogen-bond acceptors (Lipinski definition) is 12. The fourth-order valence-corrected chi connectivity index (χ4v) is 2.23. The van der Waals surface area contributed by atoms with Crippen molar-refractivity contribution in [2.24, 2.45) is 0 Å². The summed E-state index contributed by atoms with van der Waals surface area (Å²) in [6, 6.07) is 0. The van der Waals surface area contributed by atoms with Crippen LogP contribution in [0.3, 0.4) is 0 Å². The quantitative estimate of drug-likeness (QED) is 0.315. The van der Waals surface area contributed by atoms with Gasteiger partial charge in [-0.05, 0) is 0 Å². The number of Topliss-reactive ketones (excluding diaryl/α,β-unsaturated/α-hetero) is 1. The molecule has 0 aliphatic heterocycles. The van der Waals surface area contributed by atoms with Crippen LogP contribution in [0.1, 0.15) is 34.6 Å². The summed E-state index contributed by atoms with van der Waals surface area (Å²) in [4.78, 5) is 69.3. The number of ether oxygens (including phenoxy) is 5. The fourth-order valence-electron chi connectivity index (χ4n) is 2.23. The third kappa shape index (κ3) is 10.2. The molecule has 0 fully saturated rings. The molecule has 29 heavy (non-hydrogen) atoms. The molecule has 164 valence electrons. The summed E-state index contributed by atoms with van der Waals surface area (Å²) >= 11 is 0. The molecule has 0 unspecified atom stereocenters. The molecule has 0 bridgehead atoms. The highest BCUT2D eigenvalue weighted by Gasteiger charge is 2.46. The lowest BCUT2D eigenvalue weighted by Gasteiger charge is -2.34. The monoisotopic (exact) mass is 420 g/mol. The van der Waals surface area contributed by atoms with Gasteiger partial charge in [-0.3, -0.25) is 28.8 Å². The van der Waals surface area contributed by atoms with Crippen LogP contribution in [0.5, 0.6) is 0 Å². The van der Waals surface area contributed by atoms with Gasteiger partial charge in [0, 0.05) is 34.6 Å². The van der Waals surface area contributed by atoms with Crippen molar-refractivity contribution in [1.82, 2.24) is 0 Å². The molecule has 0 aromatic carbocycles. The molecule has 0 heterocycles. The molecule has 4 atom stereocenters. The van der Waals surface area contributed by atoms with Crippen LogP contribution in [0.25, 0.3) is 0 Å². The van der Waals surface area contributed by atoms with E-state index in [1.165, 1.54) is 0 Å². The Labute approximate surface area is 166 Å². The second-order valence-electron chi connectivity index (χ2n) is 5.75. The van der Waals surface area contributed by atoms with Crippen LogP contribution in [0.15, 0.2) is 0 Å². The van der Waals surface area contributed by atoms with Crippen LogP contribution in [-0.2, 0) is 52.5 Å². The lowest BCUT2D eigenvalue weighted by Crippen LogP contribution is -2.55. The van der Waals surface area contributed by atoms with E-state index in [2.05, 4.69) is 0 Å². The average molecular weight is 420 g/mol. The molecule has 0 rings (SSSR count). The average Bonchev–Trinajstić information content (AvgIpc) is 2.58. The Hall–Kier alpha value is -3.02. The zero-order valence-electron chi connectivity index (χ0n) is 16.7. The van der Waals surface area contributed by atoms with Crippen molar-refractivity contribution in [2.45, 2.75) is 59.0 Å². The molecular weight excluding hydrogens is 396 g/mol. The van der Waals surface area contributed by atoms with E-state index in [4.69, 9.17) is 23.7 Å². The maximum absolute atomic E-state index is 12.1. The van der Waals surface area contributed by atoms with E-state index in [9.17, 15) is 33.9 Å². The van der Waals surface area contributed by atoms with Crippen molar-refractivity contribution < 1.29 is 57.6 Å². The van der Waals surface area contributed by atoms with E-state index >= 15 is 0 Å². The van der Waals surface area contributed by atoms with Gasteiger partial charge in [0.2, 0.25) is 11.9 Å². The van der Waals surface area contributed by atoms with Gasteiger partial charge in [-0.2, -0.15) is 0 Å². The van der Waals surface area contributed by atoms with Gasteiger partial charge >= 0.3 is 29.8 Å². The summed E-state index contributed by atoms with van der Waals surface area (Å²) in [7, 11) is 0. The molecular formula is C17H24O12. The SMILES string of the molecule is CC(=O)OC[C@@H](OC(C)=O)[C@@H](OC(C)=O)[C@H](OC(C)=O)[C@@H](OC(C)=O)C(=O)CO. The van der Waals surface area contributed by atoms with Gasteiger partial charge in [0.15, 0.2) is 18.3 Å². The van der Waals surface area contributed by atoms with Crippen molar-refractivity contribution >= 4 is 35.6 Å². The topological polar surface area (TPSA) is 169 Å². The number of esters is 5. The smallest absolute Gasteiger partial charge is 0.303 e. The van der Waals surface area contributed by atoms with Crippen molar-refractivity contribution in [3.05, 3.63) is 0 Å². The van der Waals surface area contributed by atoms with Gasteiger partial charge in [0.1, 0.15) is 13.2 Å². The number of hydrogen-bond donors (Lipinski definition) is 1. The predicted molar refractivity (Wildman–Crippen MR) is 90.9 cm³/mol. The lowest BCUT2D eigenvalue weighted by molar-refractivity contribution is -0.203. The molecule has 0 aromatic heterocycles. The first-order chi connectivity index (χ1) is 13.4. The minimum absolute atomic E-state index is 0.634. The van der Waals surface area contributed by atoms with Crippen molar-refractivity contribution in [3.8, 4) is 0 Å². The van der Waals surface area contributed by atoms with E-state index in [-0.39, 0.29) is 0 Å². The maximum Gasteiger partial charge on any atom is 0.303 e. The molecule has 0 aliphatic carbocycles. The Morgan fingerprint density at radius 3 is 1.48 bits per heavy atom. The third-order valence-corrected chi connectivity index (χ3v) is 3.13. The molecule has 0 amide bonds. The lowest BCUT2D eigenvalue weighted by atomic mass is 9.99. The van der Waals surface area contributed by atoms with E-state index in [1.807, 2.05) is 0 Å². The Balaban J connectivity index is 6.29. The summed E-state index contributed by atoms with van der Waals surface area (Å²) in [6.45, 7) is 3.21. The summed E-state index contributed by atoms with van der Waals surface area (Å²) in [5.74, 6) is -5.61. The summed E-state index contributed by atoms with van der Waals surface area (Å²) in [5.41, 5.74) is 0. The van der Waals surface area contributed by atoms with Gasteiger partial charge in [0.25, 0.3) is 0 Å². The van der Waals surface area contributed by atoms with Crippen molar-refractivity contribution in [3.63, 3.8) is 0 Å². The minimum Gasteiger partial charge on any atom is -0.462 e. The van der Waals surface area contributed by atoms with Gasteiger partial charge in [-0.25, -0.2) is 0 Å². The van der Waals surface area contributed by atoms with Gasteiger partial charge in [-0.1, -0.05) is 0 Å². The second kappa shape index (κ2) is 12.4. The summed E-state index contributed by atoms with van der Waals surface area (Å²) in [5, 5.41) is 9.18. The van der Waals surface area contributed by atoms with E-state index in [1.54, 1.807) is 0 Å². The molecule has 0 radical (unpaired) electrons. The van der Waals surface area contributed by atoms with E-state index in [0.29, 0.717) is 0 Å². The van der Waals surface area contributed by atoms with Crippen LogP contribution < -0.4 is 0 Å². The largest absolute Gasteiger partial charge is 0.462 e. The molecule has 0 aliphatic rings. The molecule has 12 heteroatoms. The van der Waals surface area contributed by atoms with Gasteiger partial charge in [-0.15, -0.1) is 0 Å². The Morgan fingerprint density at radius 2 is 1.10 bits per heavy atom. The highest BCUT2D eigenvalue weighted by molar-refractivity contribution is 5.87. The number of carbonyl (C=O) groups is 6. The van der Waals surface area contributed by atoms with Crippen molar-refractivity contribution in [1.29, 1.82) is 0 Å². The molecule has 0 saturated heterocycles. The van der Waals surface area contributed by atoms with Crippen LogP contribution in [0, 0.1) is 0 Å². The molecule has 0 aromatic rings. The zero-order chi connectivity index (χ0) is 22.7. The number of rotatable bonds is 11. The maximum atomic E-state index is 12.1. The number of aliphatic hydroxyl groups excluding tert-OH is 1. The number of aliphatic hydroxyl groups is 1. The van der Waals surface area contributed by atoms with Gasteiger partial charge in [0.05, 0.1) is 0 Å². The Morgan fingerprint density at radius 1 is 0.655 bits per heavy atom. The highest BCUT2D eigenvalue weighted by Crippen LogP contribution is 2.20. The standard InChI is InChI=1S/C17H24O12/c1-8(19)25-7-14(26-9(2)20)16(28-11(4)22)17(29-12(5)23)15(13(24)6-18)27-10(3)21/h14-18H,6-7H2,1-5H3/t14-,15+,16-,17-/m1/s1. The molecule has 1 N–H and O–H groups in total. The van der Waals surface area contributed by atoms with E-state index < -0.39 is 73.3 Å². The summed E-state index contributed by atoms with van der Waals surface area (Å²) in [6.07, 6.45) is -6.98. The predicted octanol–water partition coefficient (Wildman–Crippen LogP) is -1.16. The third-order valence-electron chi connectivity index (χ3n) is 3.13. The minimum atomic E-state index is -1.90. The zero-order valence-corrected chi connectivity index (χ0v) is 16.7. The number of carbonyl (C=O) groups excluding carboxylic acids is 6. The normalized spacial score (nSPS) is 14.4.